The molecule has 0 aromatic heterocycles. The summed E-state index contributed by atoms with van der Waals surface area (Å²) in [5, 5.41) is 0.416. The second-order valence-electron chi connectivity index (χ2n) is 6.81. The van der Waals surface area contributed by atoms with Crippen LogP contribution < -0.4 is 19.1 Å². The van der Waals surface area contributed by atoms with Gasteiger partial charge in [0.25, 0.3) is 5.91 Å². The van der Waals surface area contributed by atoms with Gasteiger partial charge in [0.05, 0.1) is 25.3 Å². The number of fused-ring (bicyclic) bond motifs is 1. The molecule has 7 heteroatoms. The van der Waals surface area contributed by atoms with E-state index in [1.54, 1.807) is 19.2 Å². The Labute approximate surface area is 169 Å². The molecule has 0 atom stereocenters. The van der Waals surface area contributed by atoms with E-state index in [0.717, 1.165) is 30.9 Å². The topological polar surface area (TPSA) is 51.2 Å². The molecule has 28 heavy (non-hydrogen) atoms. The number of ether oxygens (including phenoxy) is 3. The fraction of sp³-hybridized carbons (Fsp3) is 0.381. The van der Waals surface area contributed by atoms with Gasteiger partial charge in [-0.15, -0.1) is 0 Å². The van der Waals surface area contributed by atoms with Gasteiger partial charge in [-0.3, -0.25) is 4.79 Å². The largest absolute Gasteiger partial charge is 0.497 e. The maximum absolute atomic E-state index is 13.0. The monoisotopic (exact) mass is 402 g/mol. The smallest absolute Gasteiger partial charge is 0.254 e. The van der Waals surface area contributed by atoms with Crippen molar-refractivity contribution in [3.63, 3.8) is 0 Å². The lowest BCUT2D eigenvalue weighted by atomic mass is 10.1. The molecule has 4 rings (SSSR count). The summed E-state index contributed by atoms with van der Waals surface area (Å²) in [5.74, 6) is 1.88. The zero-order valence-corrected chi connectivity index (χ0v) is 16.6. The van der Waals surface area contributed by atoms with Crippen molar-refractivity contribution >= 4 is 23.2 Å². The lowest BCUT2D eigenvalue weighted by molar-refractivity contribution is 0.0746. The third kappa shape index (κ3) is 3.83. The van der Waals surface area contributed by atoms with Crippen molar-refractivity contribution in [2.45, 2.75) is 6.42 Å². The first kappa shape index (κ1) is 18.7. The molecule has 0 N–H and O–H groups in total. The Hall–Kier alpha value is -2.60. The molecule has 0 unspecified atom stereocenters. The molecule has 1 fully saturated rings. The molecular weight excluding hydrogens is 380 g/mol. The van der Waals surface area contributed by atoms with Crippen molar-refractivity contribution in [3.05, 3.63) is 47.0 Å². The molecule has 0 bridgehead atoms. The van der Waals surface area contributed by atoms with E-state index < -0.39 is 0 Å². The van der Waals surface area contributed by atoms with Gasteiger partial charge in [-0.2, -0.15) is 0 Å². The second-order valence-corrected chi connectivity index (χ2v) is 7.22. The molecule has 6 nitrogen and oxygen atoms in total. The molecule has 1 saturated heterocycles. The lowest BCUT2D eigenvalue weighted by Gasteiger charge is -2.36. The number of amides is 1. The van der Waals surface area contributed by atoms with Gasteiger partial charge >= 0.3 is 0 Å². The SMILES string of the molecule is COc1ccc(N2CCN(C(=O)c3cc(Cl)c4c(c3)OCCCO4)CC2)cc1. The minimum atomic E-state index is -0.0353. The van der Waals surface area contributed by atoms with Gasteiger partial charge in [-0.1, -0.05) is 11.6 Å². The summed E-state index contributed by atoms with van der Waals surface area (Å²) >= 11 is 6.34. The predicted octanol–water partition coefficient (Wildman–Crippen LogP) is 3.47. The molecule has 2 aliphatic heterocycles. The third-order valence-electron chi connectivity index (χ3n) is 5.05. The summed E-state index contributed by atoms with van der Waals surface area (Å²) in [7, 11) is 1.66. The van der Waals surface area contributed by atoms with Crippen LogP contribution in [0.1, 0.15) is 16.8 Å². The zero-order valence-electron chi connectivity index (χ0n) is 15.8. The number of nitrogens with zero attached hydrogens (tertiary/aromatic N) is 2. The highest BCUT2D eigenvalue weighted by Gasteiger charge is 2.25. The van der Waals surface area contributed by atoms with E-state index in [0.29, 0.717) is 48.4 Å². The van der Waals surface area contributed by atoms with E-state index in [9.17, 15) is 4.79 Å². The van der Waals surface area contributed by atoms with E-state index >= 15 is 0 Å². The first-order chi connectivity index (χ1) is 13.7. The van der Waals surface area contributed by atoms with Crippen molar-refractivity contribution in [1.29, 1.82) is 0 Å². The van der Waals surface area contributed by atoms with Crippen LogP contribution in [0.5, 0.6) is 17.2 Å². The number of piperazine rings is 1. The number of anilines is 1. The second kappa shape index (κ2) is 8.19. The highest BCUT2D eigenvalue weighted by Crippen LogP contribution is 2.38. The Kier molecular flexibility index (Phi) is 5.48. The van der Waals surface area contributed by atoms with Crippen molar-refractivity contribution < 1.29 is 19.0 Å². The van der Waals surface area contributed by atoms with E-state index in [4.69, 9.17) is 25.8 Å². The normalized spacial score (nSPS) is 16.5. The molecule has 2 heterocycles. The van der Waals surface area contributed by atoms with Crippen LogP contribution in [0.4, 0.5) is 5.69 Å². The molecule has 2 aliphatic rings. The molecular formula is C21H23ClN2O4. The van der Waals surface area contributed by atoms with Crippen molar-refractivity contribution in [1.82, 2.24) is 4.90 Å². The number of hydrogen-bond acceptors (Lipinski definition) is 5. The summed E-state index contributed by atoms with van der Waals surface area (Å²) < 4.78 is 16.6. The van der Waals surface area contributed by atoms with E-state index in [-0.39, 0.29) is 5.91 Å². The molecule has 2 aromatic rings. The van der Waals surface area contributed by atoms with E-state index in [1.165, 1.54) is 0 Å². The predicted molar refractivity (Wildman–Crippen MR) is 108 cm³/mol. The van der Waals surface area contributed by atoms with Crippen molar-refractivity contribution in [3.8, 4) is 17.2 Å². The summed E-state index contributed by atoms with van der Waals surface area (Å²) in [6.45, 7) is 3.97. The Bertz CT molecular complexity index is 848. The number of benzene rings is 2. The van der Waals surface area contributed by atoms with Crippen molar-refractivity contribution in [2.75, 3.05) is 51.4 Å². The van der Waals surface area contributed by atoms with Crippen LogP contribution in [0, 0.1) is 0 Å². The van der Waals surface area contributed by atoms with Crippen LogP contribution in [0.25, 0.3) is 0 Å². The van der Waals surface area contributed by atoms with Gasteiger partial charge in [-0.05, 0) is 36.4 Å². The summed E-state index contributed by atoms with van der Waals surface area (Å²) in [4.78, 5) is 17.1. The average Bonchev–Trinajstić information content (AvgIpc) is 2.99. The highest BCUT2D eigenvalue weighted by atomic mass is 35.5. The molecule has 0 aliphatic carbocycles. The van der Waals surface area contributed by atoms with E-state index in [2.05, 4.69) is 4.90 Å². The fourth-order valence-electron chi connectivity index (χ4n) is 3.50. The first-order valence-corrected chi connectivity index (χ1v) is 9.81. The number of halogens is 1. The summed E-state index contributed by atoms with van der Waals surface area (Å²) in [6, 6.07) is 11.4. The Morgan fingerprint density at radius 3 is 2.46 bits per heavy atom. The van der Waals surface area contributed by atoms with Gasteiger partial charge in [0, 0.05) is 43.9 Å². The van der Waals surface area contributed by atoms with Crippen LogP contribution in [0.15, 0.2) is 36.4 Å². The number of carbonyl (C=O) groups is 1. The van der Waals surface area contributed by atoms with Crippen LogP contribution in [-0.4, -0.2) is 57.3 Å². The van der Waals surface area contributed by atoms with Crippen molar-refractivity contribution in [2.24, 2.45) is 0 Å². The zero-order chi connectivity index (χ0) is 19.5. The van der Waals surface area contributed by atoms with Gasteiger partial charge in [-0.25, -0.2) is 0 Å². The summed E-state index contributed by atoms with van der Waals surface area (Å²) in [5.41, 5.74) is 1.67. The van der Waals surface area contributed by atoms with Gasteiger partial charge < -0.3 is 24.0 Å². The maximum Gasteiger partial charge on any atom is 0.254 e. The van der Waals surface area contributed by atoms with Gasteiger partial charge in [0.1, 0.15) is 5.75 Å². The minimum absolute atomic E-state index is 0.0353. The number of carbonyl (C=O) groups excluding carboxylic acids is 1. The Morgan fingerprint density at radius 1 is 1.04 bits per heavy atom. The Balaban J connectivity index is 1.44. The fourth-order valence-corrected chi connectivity index (χ4v) is 3.76. The summed E-state index contributed by atoms with van der Waals surface area (Å²) in [6.07, 6.45) is 0.793. The number of hydrogen-bond donors (Lipinski definition) is 0. The first-order valence-electron chi connectivity index (χ1n) is 9.43. The Morgan fingerprint density at radius 2 is 1.75 bits per heavy atom. The van der Waals surface area contributed by atoms with Gasteiger partial charge in [0.15, 0.2) is 11.5 Å². The van der Waals surface area contributed by atoms with E-state index in [1.807, 2.05) is 29.2 Å². The van der Waals surface area contributed by atoms with Gasteiger partial charge in [0.2, 0.25) is 0 Å². The molecule has 0 spiro atoms. The quantitative estimate of drug-likeness (QED) is 0.786. The van der Waals surface area contributed by atoms with Crippen LogP contribution in [0.2, 0.25) is 5.02 Å². The molecule has 1 amide bonds. The molecule has 0 radical (unpaired) electrons. The molecule has 148 valence electrons. The number of rotatable bonds is 3. The minimum Gasteiger partial charge on any atom is -0.497 e. The number of methoxy groups -OCH3 is 1. The van der Waals surface area contributed by atoms with Crippen LogP contribution in [0.3, 0.4) is 0 Å². The maximum atomic E-state index is 13.0. The lowest BCUT2D eigenvalue weighted by Crippen LogP contribution is -2.48. The molecule has 2 aromatic carbocycles. The highest BCUT2D eigenvalue weighted by molar-refractivity contribution is 6.32. The van der Waals surface area contributed by atoms with Crippen LogP contribution in [-0.2, 0) is 0 Å². The van der Waals surface area contributed by atoms with Crippen LogP contribution >= 0.6 is 11.6 Å². The standard InChI is InChI=1S/C21H23ClN2O4/c1-26-17-5-3-16(4-6-17)23-7-9-24(10-8-23)21(25)15-13-18(22)20-19(14-15)27-11-2-12-28-20/h3-6,13-14H,2,7-12H2,1H3. The average molecular weight is 403 g/mol. The molecule has 0 saturated carbocycles. The third-order valence-corrected chi connectivity index (χ3v) is 5.33.